The van der Waals surface area contributed by atoms with Crippen LogP contribution in [0.3, 0.4) is 0 Å². The van der Waals surface area contributed by atoms with E-state index in [2.05, 4.69) is 15.4 Å². The summed E-state index contributed by atoms with van der Waals surface area (Å²) in [6.45, 7) is 1.41. The Hall–Kier alpha value is -2.31. The molecule has 25 heavy (non-hydrogen) atoms. The summed E-state index contributed by atoms with van der Waals surface area (Å²) in [5.41, 5.74) is 2.66. The van der Waals surface area contributed by atoms with Crippen molar-refractivity contribution in [3.63, 3.8) is 0 Å². The molecule has 2 aromatic rings. The summed E-state index contributed by atoms with van der Waals surface area (Å²) in [5.74, 6) is -1.19. The minimum Gasteiger partial charge on any atom is -0.342 e. The molecule has 5 nitrogen and oxygen atoms in total. The number of hydrogen-bond acceptors (Lipinski definition) is 3. The lowest BCUT2D eigenvalue weighted by Crippen LogP contribution is -2.37. The fourth-order valence-electron chi connectivity index (χ4n) is 3.95. The molecule has 132 valence electrons. The highest BCUT2D eigenvalue weighted by Crippen LogP contribution is 2.28. The van der Waals surface area contributed by atoms with Crippen molar-refractivity contribution in [1.82, 2.24) is 20.3 Å². The highest BCUT2D eigenvalue weighted by atomic mass is 19.2. The largest absolute Gasteiger partial charge is 0.342 e. The van der Waals surface area contributed by atoms with Crippen LogP contribution in [-0.2, 0) is 24.1 Å². The number of H-pyrrole nitrogens is 1. The smallest absolute Gasteiger partial charge is 0.226 e. The van der Waals surface area contributed by atoms with Crippen molar-refractivity contribution >= 4 is 5.91 Å². The first-order chi connectivity index (χ1) is 12.1. The quantitative estimate of drug-likeness (QED) is 0.927. The Bertz CT molecular complexity index is 791. The van der Waals surface area contributed by atoms with Crippen molar-refractivity contribution in [2.45, 2.75) is 32.1 Å². The van der Waals surface area contributed by atoms with Crippen LogP contribution in [0.1, 0.15) is 29.8 Å². The molecule has 0 spiro atoms. The van der Waals surface area contributed by atoms with Gasteiger partial charge in [-0.05, 0) is 49.3 Å². The van der Waals surface area contributed by atoms with Crippen LogP contribution >= 0.6 is 0 Å². The number of nitrogens with zero attached hydrogens (tertiary/aromatic N) is 3. The zero-order valence-electron chi connectivity index (χ0n) is 13.8. The van der Waals surface area contributed by atoms with Gasteiger partial charge in [-0.25, -0.2) is 8.78 Å². The van der Waals surface area contributed by atoms with Crippen LogP contribution in [-0.4, -0.2) is 39.3 Å². The molecule has 1 fully saturated rings. The number of hydrogen-bond donors (Lipinski definition) is 1. The predicted molar refractivity (Wildman–Crippen MR) is 86.6 cm³/mol. The normalized spacial score (nSPS) is 22.9. The Morgan fingerprint density at radius 1 is 1.20 bits per heavy atom. The fourth-order valence-corrected chi connectivity index (χ4v) is 3.95. The number of nitrogens with one attached hydrogen (secondary N) is 1. The highest BCUT2D eigenvalue weighted by Gasteiger charge is 2.34. The molecule has 1 aliphatic heterocycles. The Labute approximate surface area is 144 Å². The van der Waals surface area contributed by atoms with Gasteiger partial charge in [-0.1, -0.05) is 6.07 Å². The molecule has 0 bridgehead atoms. The molecule has 1 aliphatic carbocycles. The van der Waals surface area contributed by atoms with E-state index < -0.39 is 11.6 Å². The number of halogens is 2. The second kappa shape index (κ2) is 6.54. The van der Waals surface area contributed by atoms with Gasteiger partial charge in [0.05, 0.1) is 11.4 Å². The minimum atomic E-state index is -0.823. The van der Waals surface area contributed by atoms with Crippen molar-refractivity contribution < 1.29 is 13.6 Å². The van der Waals surface area contributed by atoms with Crippen LogP contribution in [0.25, 0.3) is 0 Å². The number of likely N-dealkylation sites (tertiary alicyclic amines) is 1. The monoisotopic (exact) mass is 346 g/mol. The topological polar surface area (TPSA) is 61.9 Å². The molecule has 2 unspecified atom stereocenters. The standard InChI is InChI=1S/C18H20F2N4O/c19-14-3-1-11(8-15(14)20)7-12-5-6-24(10-12)18(25)13-2-4-16-17(9-13)22-23-21-16/h1,3,8,12-13H,2,4-7,9-10H2,(H,21,22,23). The summed E-state index contributed by atoms with van der Waals surface area (Å²) in [7, 11) is 0. The van der Waals surface area contributed by atoms with Crippen molar-refractivity contribution in [3.8, 4) is 0 Å². The van der Waals surface area contributed by atoms with Crippen LogP contribution in [0, 0.1) is 23.5 Å². The van der Waals surface area contributed by atoms with Crippen molar-refractivity contribution in [1.29, 1.82) is 0 Å². The van der Waals surface area contributed by atoms with E-state index in [0.717, 1.165) is 42.8 Å². The third kappa shape index (κ3) is 3.27. The van der Waals surface area contributed by atoms with Crippen LogP contribution in [0.4, 0.5) is 8.78 Å². The molecule has 2 atom stereocenters. The summed E-state index contributed by atoms with van der Waals surface area (Å²) in [5, 5.41) is 10.9. The number of fused-ring (bicyclic) bond motifs is 1. The molecule has 1 aromatic carbocycles. The summed E-state index contributed by atoms with van der Waals surface area (Å²) >= 11 is 0. The third-order valence-corrected chi connectivity index (χ3v) is 5.33. The number of aromatic amines is 1. The number of amides is 1. The molecular weight excluding hydrogens is 326 g/mol. The Balaban J connectivity index is 1.35. The number of aromatic nitrogens is 3. The average molecular weight is 346 g/mol. The molecule has 7 heteroatoms. The summed E-state index contributed by atoms with van der Waals surface area (Å²) < 4.78 is 26.4. The predicted octanol–water partition coefficient (Wildman–Crippen LogP) is 2.28. The van der Waals surface area contributed by atoms with E-state index >= 15 is 0 Å². The van der Waals surface area contributed by atoms with Crippen LogP contribution in [0.15, 0.2) is 18.2 Å². The highest BCUT2D eigenvalue weighted by molar-refractivity contribution is 5.79. The Morgan fingerprint density at radius 3 is 2.88 bits per heavy atom. The molecule has 4 rings (SSSR count). The van der Waals surface area contributed by atoms with Gasteiger partial charge in [0.25, 0.3) is 0 Å². The van der Waals surface area contributed by atoms with Crippen molar-refractivity contribution in [3.05, 3.63) is 46.8 Å². The molecule has 2 heterocycles. The van der Waals surface area contributed by atoms with E-state index in [1.54, 1.807) is 6.07 Å². The van der Waals surface area contributed by atoms with E-state index in [4.69, 9.17) is 0 Å². The second-order valence-electron chi connectivity index (χ2n) is 7.05. The van der Waals surface area contributed by atoms with Crippen LogP contribution < -0.4 is 0 Å². The Kier molecular flexibility index (Phi) is 4.23. The van der Waals surface area contributed by atoms with Gasteiger partial charge in [-0.3, -0.25) is 4.79 Å². The van der Waals surface area contributed by atoms with E-state index in [1.807, 2.05) is 4.90 Å². The first-order valence-corrected chi connectivity index (χ1v) is 8.71. The van der Waals surface area contributed by atoms with Crippen molar-refractivity contribution in [2.75, 3.05) is 13.1 Å². The SMILES string of the molecule is O=C(C1CCc2n[nH]nc2C1)N1CCC(Cc2ccc(F)c(F)c2)C1. The first-order valence-electron chi connectivity index (χ1n) is 8.71. The number of aryl methyl sites for hydroxylation is 1. The third-order valence-electron chi connectivity index (χ3n) is 5.33. The maximum Gasteiger partial charge on any atom is 0.226 e. The summed E-state index contributed by atoms with van der Waals surface area (Å²) in [6.07, 6.45) is 3.80. The fraction of sp³-hybridized carbons (Fsp3) is 0.500. The van der Waals surface area contributed by atoms with Gasteiger partial charge in [-0.15, -0.1) is 0 Å². The van der Waals surface area contributed by atoms with Gasteiger partial charge < -0.3 is 4.90 Å². The van der Waals surface area contributed by atoms with Gasteiger partial charge in [0.15, 0.2) is 11.6 Å². The molecule has 1 aromatic heterocycles. The van der Waals surface area contributed by atoms with E-state index in [1.165, 1.54) is 12.1 Å². The van der Waals surface area contributed by atoms with E-state index in [-0.39, 0.29) is 11.8 Å². The molecule has 0 saturated carbocycles. The van der Waals surface area contributed by atoms with Gasteiger partial charge in [0.1, 0.15) is 0 Å². The Morgan fingerprint density at radius 2 is 2.04 bits per heavy atom. The number of carbonyl (C=O) groups is 1. The number of carbonyl (C=O) groups excluding carboxylic acids is 1. The number of benzene rings is 1. The zero-order chi connectivity index (χ0) is 17.4. The lowest BCUT2D eigenvalue weighted by atomic mass is 9.89. The molecular formula is C18H20F2N4O. The molecule has 2 aliphatic rings. The van der Waals surface area contributed by atoms with Crippen LogP contribution in [0.2, 0.25) is 0 Å². The maximum absolute atomic E-state index is 13.3. The molecule has 1 N–H and O–H groups in total. The van der Waals surface area contributed by atoms with Gasteiger partial charge in [0, 0.05) is 25.4 Å². The van der Waals surface area contributed by atoms with E-state index in [9.17, 15) is 13.6 Å². The lowest BCUT2D eigenvalue weighted by molar-refractivity contribution is -0.135. The molecule has 1 saturated heterocycles. The summed E-state index contributed by atoms with van der Waals surface area (Å²) in [4.78, 5) is 14.7. The lowest BCUT2D eigenvalue weighted by Gasteiger charge is -2.25. The molecule has 0 radical (unpaired) electrons. The van der Waals surface area contributed by atoms with Crippen molar-refractivity contribution in [2.24, 2.45) is 11.8 Å². The maximum atomic E-state index is 13.3. The number of rotatable bonds is 3. The molecule has 1 amide bonds. The second-order valence-corrected chi connectivity index (χ2v) is 7.05. The zero-order valence-corrected chi connectivity index (χ0v) is 13.8. The van der Waals surface area contributed by atoms with Gasteiger partial charge in [-0.2, -0.15) is 15.4 Å². The average Bonchev–Trinajstić information content (AvgIpc) is 3.26. The summed E-state index contributed by atoms with van der Waals surface area (Å²) in [6, 6.07) is 4.04. The minimum absolute atomic E-state index is 0.0281. The van der Waals surface area contributed by atoms with E-state index in [0.29, 0.717) is 25.3 Å². The first kappa shape index (κ1) is 16.2. The van der Waals surface area contributed by atoms with Gasteiger partial charge >= 0.3 is 0 Å². The van der Waals surface area contributed by atoms with Crippen LogP contribution in [0.5, 0.6) is 0 Å². The van der Waals surface area contributed by atoms with Gasteiger partial charge in [0.2, 0.25) is 5.91 Å².